The third kappa shape index (κ3) is 3.79. The monoisotopic (exact) mass is 392 g/mol. The molecule has 128 valence electrons. The molecule has 0 spiro atoms. The maximum absolute atomic E-state index is 12.6. The highest BCUT2D eigenvalue weighted by Gasteiger charge is 2.18. The maximum atomic E-state index is 12.6. The summed E-state index contributed by atoms with van der Waals surface area (Å²) in [4.78, 5) is 4.30. The molecular weight excluding hydrogens is 379 g/mol. The van der Waals surface area contributed by atoms with Crippen LogP contribution in [0.2, 0.25) is 10.0 Å². The summed E-state index contributed by atoms with van der Waals surface area (Å²) in [5.74, 6) is 0.218. The lowest BCUT2D eigenvalue weighted by Crippen LogP contribution is -2.15. The number of benzene rings is 2. The van der Waals surface area contributed by atoms with Gasteiger partial charge in [-0.1, -0.05) is 47.5 Å². The first-order valence-corrected chi connectivity index (χ1v) is 9.61. The zero-order valence-corrected chi connectivity index (χ0v) is 15.5. The van der Waals surface area contributed by atoms with Crippen LogP contribution in [-0.2, 0) is 10.0 Å². The summed E-state index contributed by atoms with van der Waals surface area (Å²) in [6.07, 6.45) is 1.57. The van der Waals surface area contributed by atoms with E-state index in [-0.39, 0.29) is 10.7 Å². The molecule has 0 amide bonds. The molecule has 0 unspecified atom stereocenters. The van der Waals surface area contributed by atoms with Crippen LogP contribution in [0.15, 0.2) is 65.7 Å². The van der Waals surface area contributed by atoms with Crippen molar-refractivity contribution in [2.75, 3.05) is 4.72 Å². The van der Waals surface area contributed by atoms with Crippen LogP contribution in [0.3, 0.4) is 0 Å². The van der Waals surface area contributed by atoms with Crippen molar-refractivity contribution in [3.8, 4) is 11.1 Å². The summed E-state index contributed by atoms with van der Waals surface area (Å²) in [6, 6.07) is 15.5. The minimum Gasteiger partial charge on any atom is -0.263 e. The van der Waals surface area contributed by atoms with Gasteiger partial charge in [0.15, 0.2) is 0 Å². The predicted molar refractivity (Wildman–Crippen MR) is 102 cm³/mol. The van der Waals surface area contributed by atoms with Crippen LogP contribution in [0.4, 0.5) is 5.82 Å². The Labute approximate surface area is 156 Å². The van der Waals surface area contributed by atoms with E-state index in [1.54, 1.807) is 43.5 Å². The molecule has 1 N–H and O–H groups in total. The van der Waals surface area contributed by atoms with E-state index in [4.69, 9.17) is 23.2 Å². The molecule has 0 radical (unpaired) electrons. The maximum Gasteiger partial charge on any atom is 0.263 e. The molecule has 2 aromatic carbocycles. The number of sulfonamides is 1. The first-order valence-electron chi connectivity index (χ1n) is 7.37. The number of anilines is 1. The number of hydrogen-bond acceptors (Lipinski definition) is 3. The van der Waals surface area contributed by atoms with Gasteiger partial charge in [-0.3, -0.25) is 4.72 Å². The highest BCUT2D eigenvalue weighted by atomic mass is 35.5. The minimum atomic E-state index is -3.78. The Kier molecular flexibility index (Phi) is 4.99. The quantitative estimate of drug-likeness (QED) is 0.666. The van der Waals surface area contributed by atoms with E-state index in [1.165, 1.54) is 6.07 Å². The lowest BCUT2D eigenvalue weighted by atomic mass is 10.1. The SMILES string of the molecule is Cc1c(Cl)cccc1S(=O)(=O)Nc1ccc(-c2ccccc2Cl)cn1. The van der Waals surface area contributed by atoms with Crippen molar-refractivity contribution in [3.05, 3.63) is 76.4 Å². The summed E-state index contributed by atoms with van der Waals surface area (Å²) < 4.78 is 27.6. The molecule has 1 heterocycles. The van der Waals surface area contributed by atoms with Gasteiger partial charge in [0.2, 0.25) is 0 Å². The summed E-state index contributed by atoms with van der Waals surface area (Å²) in [6.45, 7) is 1.66. The van der Waals surface area contributed by atoms with Gasteiger partial charge in [-0.25, -0.2) is 13.4 Å². The van der Waals surface area contributed by atoms with Crippen LogP contribution in [0, 0.1) is 6.92 Å². The Bertz CT molecular complexity index is 1020. The predicted octanol–water partition coefficient (Wildman–Crippen LogP) is 5.16. The number of pyridine rings is 1. The average molecular weight is 393 g/mol. The molecule has 0 atom stereocenters. The highest BCUT2D eigenvalue weighted by Crippen LogP contribution is 2.28. The zero-order chi connectivity index (χ0) is 18.0. The Morgan fingerprint density at radius 1 is 0.920 bits per heavy atom. The van der Waals surface area contributed by atoms with Gasteiger partial charge >= 0.3 is 0 Å². The third-order valence-electron chi connectivity index (χ3n) is 3.69. The second-order valence-electron chi connectivity index (χ2n) is 5.38. The van der Waals surface area contributed by atoms with Crippen molar-refractivity contribution in [3.63, 3.8) is 0 Å². The van der Waals surface area contributed by atoms with Crippen LogP contribution >= 0.6 is 23.2 Å². The number of rotatable bonds is 4. The van der Waals surface area contributed by atoms with Crippen molar-refractivity contribution in [1.29, 1.82) is 0 Å². The molecule has 0 bridgehead atoms. The standard InChI is InChI=1S/C18H14Cl2N2O2S/c1-12-15(19)7-4-8-17(12)25(23,24)22-18-10-9-13(11-21-18)14-5-2-3-6-16(14)20/h2-11H,1H3,(H,21,22). The van der Waals surface area contributed by atoms with Gasteiger partial charge in [0.1, 0.15) is 5.82 Å². The lowest BCUT2D eigenvalue weighted by molar-refractivity contribution is 0.600. The fraction of sp³-hybridized carbons (Fsp3) is 0.0556. The largest absolute Gasteiger partial charge is 0.263 e. The van der Waals surface area contributed by atoms with Crippen LogP contribution in [0.5, 0.6) is 0 Å². The van der Waals surface area contributed by atoms with E-state index in [9.17, 15) is 8.42 Å². The highest BCUT2D eigenvalue weighted by molar-refractivity contribution is 7.92. The fourth-order valence-corrected chi connectivity index (χ4v) is 4.13. The Morgan fingerprint density at radius 2 is 1.64 bits per heavy atom. The van der Waals surface area contributed by atoms with E-state index in [0.29, 0.717) is 15.6 Å². The van der Waals surface area contributed by atoms with E-state index in [2.05, 4.69) is 9.71 Å². The molecule has 7 heteroatoms. The van der Waals surface area contributed by atoms with Gasteiger partial charge in [0, 0.05) is 27.4 Å². The topological polar surface area (TPSA) is 59.1 Å². The first kappa shape index (κ1) is 17.7. The summed E-state index contributed by atoms with van der Waals surface area (Å²) in [5, 5.41) is 0.997. The Morgan fingerprint density at radius 3 is 2.32 bits per heavy atom. The molecule has 0 aliphatic carbocycles. The molecule has 0 saturated carbocycles. The number of halogens is 2. The first-order chi connectivity index (χ1) is 11.9. The van der Waals surface area contributed by atoms with Gasteiger partial charge < -0.3 is 0 Å². The number of nitrogens with zero attached hydrogens (tertiary/aromatic N) is 1. The number of nitrogens with one attached hydrogen (secondary N) is 1. The Balaban J connectivity index is 1.89. The molecule has 0 aliphatic rings. The van der Waals surface area contributed by atoms with Gasteiger partial charge in [0.05, 0.1) is 4.90 Å². The van der Waals surface area contributed by atoms with Gasteiger partial charge in [-0.15, -0.1) is 0 Å². The van der Waals surface area contributed by atoms with Gasteiger partial charge in [-0.2, -0.15) is 0 Å². The van der Waals surface area contributed by atoms with Gasteiger partial charge in [0.25, 0.3) is 10.0 Å². The van der Waals surface area contributed by atoms with Crippen molar-refractivity contribution in [1.82, 2.24) is 4.98 Å². The zero-order valence-electron chi connectivity index (χ0n) is 13.2. The Hall–Kier alpha value is -2.08. The molecule has 25 heavy (non-hydrogen) atoms. The lowest BCUT2D eigenvalue weighted by Gasteiger charge is -2.11. The second kappa shape index (κ2) is 7.04. The molecule has 3 rings (SSSR count). The van der Waals surface area contributed by atoms with Crippen LogP contribution in [0.1, 0.15) is 5.56 Å². The minimum absolute atomic E-state index is 0.122. The molecule has 0 saturated heterocycles. The van der Waals surface area contributed by atoms with E-state index >= 15 is 0 Å². The van der Waals surface area contributed by atoms with Crippen LogP contribution in [0.25, 0.3) is 11.1 Å². The number of hydrogen-bond donors (Lipinski definition) is 1. The summed E-state index contributed by atoms with van der Waals surface area (Å²) >= 11 is 12.2. The average Bonchev–Trinajstić information content (AvgIpc) is 2.58. The fourth-order valence-electron chi connectivity index (χ4n) is 2.38. The molecule has 0 aliphatic heterocycles. The van der Waals surface area contributed by atoms with Crippen molar-refractivity contribution in [2.24, 2.45) is 0 Å². The molecular formula is C18H14Cl2N2O2S. The third-order valence-corrected chi connectivity index (χ3v) is 5.93. The van der Waals surface area contributed by atoms with E-state index in [0.717, 1.165) is 11.1 Å². The number of aromatic nitrogens is 1. The normalized spacial score (nSPS) is 11.3. The molecule has 1 aromatic heterocycles. The summed E-state index contributed by atoms with van der Waals surface area (Å²) in [7, 11) is -3.78. The van der Waals surface area contributed by atoms with Gasteiger partial charge in [-0.05, 0) is 42.8 Å². The van der Waals surface area contributed by atoms with Crippen LogP contribution in [-0.4, -0.2) is 13.4 Å². The molecule has 4 nitrogen and oxygen atoms in total. The van der Waals surface area contributed by atoms with E-state index in [1.807, 2.05) is 18.2 Å². The van der Waals surface area contributed by atoms with E-state index < -0.39 is 10.0 Å². The molecule has 0 fully saturated rings. The van der Waals surface area contributed by atoms with Crippen molar-refractivity contribution in [2.45, 2.75) is 11.8 Å². The smallest absolute Gasteiger partial charge is 0.263 e. The molecule has 3 aromatic rings. The summed E-state index contributed by atoms with van der Waals surface area (Å²) in [5.41, 5.74) is 2.12. The van der Waals surface area contributed by atoms with Crippen molar-refractivity contribution >= 4 is 39.0 Å². The van der Waals surface area contributed by atoms with Crippen molar-refractivity contribution < 1.29 is 8.42 Å². The van der Waals surface area contributed by atoms with Crippen LogP contribution < -0.4 is 4.72 Å². The second-order valence-corrected chi connectivity index (χ2v) is 7.85.